The molecular weight excluding hydrogens is 284 g/mol. The second-order valence-corrected chi connectivity index (χ2v) is 6.11. The molecule has 0 N–H and O–H groups in total. The largest absolute Gasteiger partial charge is 0.495 e. The number of hydrogen-bond acceptors (Lipinski definition) is 3. The van der Waals surface area contributed by atoms with Gasteiger partial charge in [-0.25, -0.2) is 4.39 Å². The van der Waals surface area contributed by atoms with Crippen molar-refractivity contribution < 1.29 is 27.2 Å². The van der Waals surface area contributed by atoms with Crippen LogP contribution < -0.4 is 10.2 Å². The summed E-state index contributed by atoms with van der Waals surface area (Å²) in [5, 5.41) is 0. The van der Waals surface area contributed by atoms with Crippen LogP contribution in [0.4, 0.5) is 13.2 Å². The molecule has 0 bridgehead atoms. The topological polar surface area (TPSA) is 27.7 Å². The molecule has 0 aliphatic carbocycles. The lowest BCUT2D eigenvalue weighted by atomic mass is 9.76. The van der Waals surface area contributed by atoms with E-state index in [0.29, 0.717) is 11.0 Å². The Morgan fingerprint density at radius 1 is 1.10 bits per heavy atom. The van der Waals surface area contributed by atoms with E-state index < -0.39 is 36.5 Å². The van der Waals surface area contributed by atoms with Gasteiger partial charge in [-0.1, -0.05) is 0 Å². The van der Waals surface area contributed by atoms with Crippen molar-refractivity contribution in [2.45, 2.75) is 52.4 Å². The Bertz CT molecular complexity index is 531. The molecule has 116 valence electrons. The van der Waals surface area contributed by atoms with Gasteiger partial charge < -0.3 is 14.0 Å². The summed E-state index contributed by atoms with van der Waals surface area (Å²) in [4.78, 5) is 0. The van der Waals surface area contributed by atoms with Crippen LogP contribution in [0, 0.1) is 12.7 Å². The maximum Gasteiger partial charge on any atom is 0.495 e. The van der Waals surface area contributed by atoms with Crippen LogP contribution in [0.3, 0.4) is 0 Å². The maximum atomic E-state index is 13.9. The Kier molecular flexibility index (Phi) is 4.01. The third-order valence-corrected chi connectivity index (χ3v) is 4.04. The van der Waals surface area contributed by atoms with Gasteiger partial charge in [-0.2, -0.15) is 8.78 Å². The maximum absolute atomic E-state index is 13.9. The van der Waals surface area contributed by atoms with Gasteiger partial charge in [0.2, 0.25) is 0 Å². The summed E-state index contributed by atoms with van der Waals surface area (Å²) in [6, 6.07) is 2.34. The standard InChI is InChI=1S/C14H18BF3O3/c1-8-6-11(19-12(17)18)10(16)7-9(8)15-20-13(2,3)14(4,5)21-15/h6-7,12H,1-5H3. The van der Waals surface area contributed by atoms with Crippen LogP contribution in [0.2, 0.25) is 0 Å². The van der Waals surface area contributed by atoms with Crippen molar-refractivity contribution in [3.8, 4) is 5.75 Å². The van der Waals surface area contributed by atoms with Crippen molar-refractivity contribution in [2.75, 3.05) is 0 Å². The van der Waals surface area contributed by atoms with Crippen molar-refractivity contribution in [2.24, 2.45) is 0 Å². The third kappa shape index (κ3) is 3.03. The van der Waals surface area contributed by atoms with Crippen LogP contribution in [0.15, 0.2) is 12.1 Å². The van der Waals surface area contributed by atoms with E-state index in [2.05, 4.69) is 4.74 Å². The fourth-order valence-electron chi connectivity index (χ4n) is 2.08. The number of alkyl halides is 2. The predicted molar refractivity (Wildman–Crippen MR) is 73.5 cm³/mol. The van der Waals surface area contributed by atoms with Crippen LogP contribution in [-0.4, -0.2) is 24.9 Å². The molecule has 1 aromatic rings. The van der Waals surface area contributed by atoms with E-state index in [4.69, 9.17) is 9.31 Å². The molecule has 0 atom stereocenters. The van der Waals surface area contributed by atoms with Gasteiger partial charge in [-0.15, -0.1) is 0 Å². The van der Waals surface area contributed by atoms with Crippen LogP contribution in [0.1, 0.15) is 33.3 Å². The molecular formula is C14H18BF3O3. The lowest BCUT2D eigenvalue weighted by molar-refractivity contribution is -0.0521. The first kappa shape index (κ1) is 16.2. The van der Waals surface area contributed by atoms with Gasteiger partial charge in [0.05, 0.1) is 11.2 Å². The van der Waals surface area contributed by atoms with Crippen molar-refractivity contribution in [3.05, 3.63) is 23.5 Å². The molecule has 2 rings (SSSR count). The summed E-state index contributed by atoms with van der Waals surface area (Å²) in [6.07, 6.45) is 0. The monoisotopic (exact) mass is 302 g/mol. The number of aryl methyl sites for hydroxylation is 1. The van der Waals surface area contributed by atoms with E-state index >= 15 is 0 Å². The zero-order valence-electron chi connectivity index (χ0n) is 12.7. The van der Waals surface area contributed by atoms with Crippen molar-refractivity contribution in [3.63, 3.8) is 0 Å². The Labute approximate surface area is 122 Å². The first-order valence-corrected chi connectivity index (χ1v) is 6.64. The molecule has 1 fully saturated rings. The van der Waals surface area contributed by atoms with E-state index in [-0.39, 0.29) is 0 Å². The van der Waals surface area contributed by atoms with Crippen LogP contribution >= 0.6 is 0 Å². The molecule has 1 aromatic carbocycles. The Balaban J connectivity index is 2.32. The molecule has 0 saturated carbocycles. The van der Waals surface area contributed by atoms with Gasteiger partial charge in [-0.3, -0.25) is 0 Å². The van der Waals surface area contributed by atoms with Crippen LogP contribution in [0.5, 0.6) is 5.75 Å². The number of benzene rings is 1. The van der Waals surface area contributed by atoms with E-state index in [1.807, 2.05) is 27.7 Å². The minimum atomic E-state index is -3.07. The molecule has 1 heterocycles. The highest BCUT2D eigenvalue weighted by Crippen LogP contribution is 2.37. The summed E-state index contributed by atoms with van der Waals surface area (Å²) < 4.78 is 54.1. The third-order valence-electron chi connectivity index (χ3n) is 4.04. The highest BCUT2D eigenvalue weighted by atomic mass is 19.3. The summed E-state index contributed by atoms with van der Waals surface area (Å²) >= 11 is 0. The predicted octanol–water partition coefficient (Wildman–Crippen LogP) is 3.03. The normalized spacial score (nSPS) is 20.1. The highest BCUT2D eigenvalue weighted by Gasteiger charge is 2.52. The van der Waals surface area contributed by atoms with Crippen molar-refractivity contribution in [1.29, 1.82) is 0 Å². The summed E-state index contributed by atoms with van der Waals surface area (Å²) in [7, 11) is -0.745. The zero-order valence-corrected chi connectivity index (χ0v) is 12.7. The Hall–Kier alpha value is -1.21. The quantitative estimate of drug-likeness (QED) is 0.803. The molecule has 21 heavy (non-hydrogen) atoms. The van der Waals surface area contributed by atoms with E-state index in [1.165, 1.54) is 6.07 Å². The molecule has 1 aliphatic heterocycles. The van der Waals surface area contributed by atoms with E-state index in [0.717, 1.165) is 6.07 Å². The summed E-state index contributed by atoms with van der Waals surface area (Å²) in [6.45, 7) is 6.12. The van der Waals surface area contributed by atoms with E-state index in [1.54, 1.807) is 6.92 Å². The second-order valence-electron chi connectivity index (χ2n) is 6.11. The number of rotatable bonds is 3. The minimum absolute atomic E-state index is 0.466. The van der Waals surface area contributed by atoms with Gasteiger partial charge in [0.25, 0.3) is 0 Å². The minimum Gasteiger partial charge on any atom is -0.432 e. The molecule has 1 saturated heterocycles. The lowest BCUT2D eigenvalue weighted by Crippen LogP contribution is -2.41. The van der Waals surface area contributed by atoms with E-state index in [9.17, 15) is 13.2 Å². The fourth-order valence-corrected chi connectivity index (χ4v) is 2.08. The highest BCUT2D eigenvalue weighted by molar-refractivity contribution is 6.62. The first-order valence-electron chi connectivity index (χ1n) is 6.64. The molecule has 1 aliphatic rings. The van der Waals surface area contributed by atoms with Crippen LogP contribution in [0.25, 0.3) is 0 Å². The van der Waals surface area contributed by atoms with Crippen molar-refractivity contribution in [1.82, 2.24) is 0 Å². The second kappa shape index (κ2) is 5.21. The average Bonchev–Trinajstić information content (AvgIpc) is 2.52. The molecule has 7 heteroatoms. The molecule has 0 amide bonds. The van der Waals surface area contributed by atoms with Gasteiger partial charge in [0.15, 0.2) is 11.6 Å². The van der Waals surface area contributed by atoms with Gasteiger partial charge in [-0.05, 0) is 57.8 Å². The van der Waals surface area contributed by atoms with Gasteiger partial charge in [0, 0.05) is 0 Å². The van der Waals surface area contributed by atoms with Gasteiger partial charge in [0.1, 0.15) is 0 Å². The lowest BCUT2D eigenvalue weighted by Gasteiger charge is -2.32. The molecule has 0 spiro atoms. The number of ether oxygens (including phenoxy) is 1. The van der Waals surface area contributed by atoms with Crippen LogP contribution in [-0.2, 0) is 9.31 Å². The summed E-state index contributed by atoms with van der Waals surface area (Å²) in [5.74, 6) is -1.35. The molecule has 0 aromatic heterocycles. The average molecular weight is 302 g/mol. The zero-order chi connectivity index (χ0) is 16.0. The number of halogens is 3. The smallest absolute Gasteiger partial charge is 0.432 e. The fraction of sp³-hybridized carbons (Fsp3) is 0.571. The molecule has 0 radical (unpaired) electrons. The Morgan fingerprint density at radius 3 is 2.10 bits per heavy atom. The Morgan fingerprint density at radius 2 is 1.62 bits per heavy atom. The van der Waals surface area contributed by atoms with Crippen molar-refractivity contribution >= 4 is 12.6 Å². The first-order chi connectivity index (χ1) is 9.53. The van der Waals surface area contributed by atoms with Gasteiger partial charge >= 0.3 is 13.7 Å². The molecule has 3 nitrogen and oxygen atoms in total. The SMILES string of the molecule is Cc1cc(OC(F)F)c(F)cc1B1OC(C)(C)C(C)(C)O1. The number of hydrogen-bond donors (Lipinski definition) is 0. The molecule has 0 unspecified atom stereocenters. The summed E-state index contributed by atoms with van der Waals surface area (Å²) in [5.41, 5.74) is -0.0874.